The molecule has 0 amide bonds. The van der Waals surface area contributed by atoms with Gasteiger partial charge >= 0.3 is 0 Å². The molecule has 0 atom stereocenters. The Balaban J connectivity index is 2.38. The molecule has 82 valence electrons. The van der Waals surface area contributed by atoms with Gasteiger partial charge in [-0.3, -0.25) is 0 Å². The van der Waals surface area contributed by atoms with E-state index in [2.05, 4.69) is 15.9 Å². The van der Waals surface area contributed by atoms with Gasteiger partial charge in [-0.2, -0.15) is 0 Å². The second-order valence-corrected chi connectivity index (χ2v) is 4.08. The first-order valence-corrected chi connectivity index (χ1v) is 5.47. The SMILES string of the molecule is Nc1c(O)ccc(Br)c1Oc1ccccc1. The van der Waals surface area contributed by atoms with E-state index in [4.69, 9.17) is 10.5 Å². The van der Waals surface area contributed by atoms with Gasteiger partial charge in [-0.1, -0.05) is 18.2 Å². The largest absolute Gasteiger partial charge is 0.506 e. The zero-order chi connectivity index (χ0) is 11.5. The lowest BCUT2D eigenvalue weighted by Crippen LogP contribution is -1.93. The smallest absolute Gasteiger partial charge is 0.168 e. The Bertz CT molecular complexity index is 500. The second kappa shape index (κ2) is 4.45. The molecule has 0 fully saturated rings. The molecular weight excluding hydrogens is 270 g/mol. The zero-order valence-electron chi connectivity index (χ0n) is 8.35. The maximum absolute atomic E-state index is 9.48. The third-order valence-electron chi connectivity index (χ3n) is 2.09. The van der Waals surface area contributed by atoms with Crippen molar-refractivity contribution in [3.05, 3.63) is 46.9 Å². The normalized spacial score (nSPS) is 10.1. The van der Waals surface area contributed by atoms with E-state index in [9.17, 15) is 5.11 Å². The number of aromatic hydroxyl groups is 1. The molecular formula is C12H10BrNO2. The first-order valence-electron chi connectivity index (χ1n) is 4.68. The van der Waals surface area contributed by atoms with E-state index < -0.39 is 0 Å². The van der Waals surface area contributed by atoms with Gasteiger partial charge in [0.2, 0.25) is 0 Å². The Morgan fingerprint density at radius 3 is 2.44 bits per heavy atom. The Labute approximate surface area is 102 Å². The van der Waals surface area contributed by atoms with Crippen molar-refractivity contribution in [1.82, 2.24) is 0 Å². The van der Waals surface area contributed by atoms with Crippen LogP contribution in [-0.2, 0) is 0 Å². The van der Waals surface area contributed by atoms with E-state index >= 15 is 0 Å². The number of rotatable bonds is 2. The number of phenols is 1. The molecule has 2 aromatic rings. The molecule has 0 aliphatic heterocycles. The van der Waals surface area contributed by atoms with E-state index in [0.717, 1.165) is 0 Å². The molecule has 4 heteroatoms. The molecule has 3 nitrogen and oxygen atoms in total. The van der Waals surface area contributed by atoms with Crippen LogP contribution in [0.5, 0.6) is 17.2 Å². The van der Waals surface area contributed by atoms with Crippen molar-refractivity contribution >= 4 is 21.6 Å². The number of phenolic OH excluding ortho intramolecular Hbond substituents is 1. The van der Waals surface area contributed by atoms with E-state index in [-0.39, 0.29) is 11.4 Å². The third-order valence-corrected chi connectivity index (χ3v) is 2.71. The number of hydrogen-bond acceptors (Lipinski definition) is 3. The van der Waals surface area contributed by atoms with Crippen LogP contribution in [0.3, 0.4) is 0 Å². The van der Waals surface area contributed by atoms with Gasteiger partial charge in [0.1, 0.15) is 17.2 Å². The van der Waals surface area contributed by atoms with Crippen LogP contribution >= 0.6 is 15.9 Å². The van der Waals surface area contributed by atoms with E-state index in [1.54, 1.807) is 6.07 Å². The average molecular weight is 280 g/mol. The number of ether oxygens (including phenoxy) is 1. The van der Waals surface area contributed by atoms with Gasteiger partial charge < -0.3 is 15.6 Å². The number of nitrogen functional groups attached to an aromatic ring is 1. The molecule has 0 saturated heterocycles. The number of halogens is 1. The van der Waals surface area contributed by atoms with Gasteiger partial charge in [0.05, 0.1) is 4.47 Å². The fourth-order valence-electron chi connectivity index (χ4n) is 1.27. The van der Waals surface area contributed by atoms with Crippen molar-refractivity contribution in [2.24, 2.45) is 0 Å². The quantitative estimate of drug-likeness (QED) is 0.653. The van der Waals surface area contributed by atoms with Gasteiger partial charge in [-0.15, -0.1) is 0 Å². The van der Waals surface area contributed by atoms with Gasteiger partial charge in [0.25, 0.3) is 0 Å². The summed E-state index contributed by atoms with van der Waals surface area (Å²) in [4.78, 5) is 0. The van der Waals surface area contributed by atoms with Crippen LogP contribution in [0.25, 0.3) is 0 Å². The number of nitrogens with two attached hydrogens (primary N) is 1. The molecule has 0 spiro atoms. The van der Waals surface area contributed by atoms with Crippen LogP contribution in [0, 0.1) is 0 Å². The molecule has 16 heavy (non-hydrogen) atoms. The molecule has 0 heterocycles. The molecule has 3 N–H and O–H groups in total. The summed E-state index contributed by atoms with van der Waals surface area (Å²) >= 11 is 3.32. The number of para-hydroxylation sites is 1. The highest BCUT2D eigenvalue weighted by molar-refractivity contribution is 9.10. The average Bonchev–Trinajstić information content (AvgIpc) is 2.31. The summed E-state index contributed by atoms with van der Waals surface area (Å²) < 4.78 is 6.29. The summed E-state index contributed by atoms with van der Waals surface area (Å²) in [7, 11) is 0. The summed E-state index contributed by atoms with van der Waals surface area (Å²) in [6.45, 7) is 0. The van der Waals surface area contributed by atoms with Gasteiger partial charge in [-0.05, 0) is 40.2 Å². The van der Waals surface area contributed by atoms with Gasteiger partial charge in [0, 0.05) is 0 Å². The summed E-state index contributed by atoms with van der Waals surface area (Å²) in [5.74, 6) is 1.10. The molecule has 2 aromatic carbocycles. The molecule has 0 aliphatic carbocycles. The molecule has 0 saturated carbocycles. The van der Waals surface area contributed by atoms with E-state index in [0.29, 0.717) is 16.0 Å². The number of benzene rings is 2. The summed E-state index contributed by atoms with van der Waals surface area (Å²) in [5.41, 5.74) is 5.95. The van der Waals surface area contributed by atoms with Crippen LogP contribution in [0.1, 0.15) is 0 Å². The van der Waals surface area contributed by atoms with Crippen molar-refractivity contribution in [2.75, 3.05) is 5.73 Å². The fraction of sp³-hybridized carbons (Fsp3) is 0. The van der Waals surface area contributed by atoms with Crippen LogP contribution in [0.4, 0.5) is 5.69 Å². The summed E-state index contributed by atoms with van der Waals surface area (Å²) in [6, 6.07) is 12.4. The second-order valence-electron chi connectivity index (χ2n) is 3.22. The van der Waals surface area contributed by atoms with E-state index in [1.807, 2.05) is 30.3 Å². The van der Waals surface area contributed by atoms with Gasteiger partial charge in [-0.25, -0.2) is 0 Å². The van der Waals surface area contributed by atoms with E-state index in [1.165, 1.54) is 6.07 Å². The maximum atomic E-state index is 9.48. The Morgan fingerprint density at radius 2 is 1.75 bits per heavy atom. The first kappa shape index (κ1) is 10.8. The first-order chi connectivity index (χ1) is 7.68. The summed E-state index contributed by atoms with van der Waals surface area (Å²) in [5, 5.41) is 9.48. The highest BCUT2D eigenvalue weighted by Gasteiger charge is 2.10. The third kappa shape index (κ3) is 2.12. The number of anilines is 1. The molecule has 2 rings (SSSR count). The van der Waals surface area contributed by atoms with Crippen molar-refractivity contribution in [3.63, 3.8) is 0 Å². The lowest BCUT2D eigenvalue weighted by molar-refractivity contribution is 0.458. The minimum absolute atomic E-state index is 0.00845. The van der Waals surface area contributed by atoms with Crippen LogP contribution < -0.4 is 10.5 Å². The molecule has 0 aliphatic rings. The van der Waals surface area contributed by atoms with Crippen molar-refractivity contribution in [1.29, 1.82) is 0 Å². The molecule has 0 aromatic heterocycles. The summed E-state index contributed by atoms with van der Waals surface area (Å²) in [6.07, 6.45) is 0. The van der Waals surface area contributed by atoms with Crippen LogP contribution in [0.15, 0.2) is 46.9 Å². The number of hydrogen-bond donors (Lipinski definition) is 2. The predicted octanol–water partition coefficient (Wildman–Crippen LogP) is 3.53. The highest BCUT2D eigenvalue weighted by Crippen LogP contribution is 2.39. The van der Waals surface area contributed by atoms with Crippen LogP contribution in [-0.4, -0.2) is 5.11 Å². The topological polar surface area (TPSA) is 55.5 Å². The molecule has 0 bridgehead atoms. The predicted molar refractivity (Wildman–Crippen MR) is 66.7 cm³/mol. The standard InChI is InChI=1S/C12H10BrNO2/c13-9-6-7-10(15)11(14)12(9)16-8-4-2-1-3-5-8/h1-7,15H,14H2. The van der Waals surface area contributed by atoms with Crippen molar-refractivity contribution in [2.45, 2.75) is 0 Å². The lowest BCUT2D eigenvalue weighted by atomic mass is 10.2. The zero-order valence-corrected chi connectivity index (χ0v) is 9.94. The van der Waals surface area contributed by atoms with Crippen molar-refractivity contribution in [3.8, 4) is 17.2 Å². The Hall–Kier alpha value is -1.68. The minimum atomic E-state index is 0.00845. The van der Waals surface area contributed by atoms with Crippen LogP contribution in [0.2, 0.25) is 0 Å². The molecule has 0 radical (unpaired) electrons. The molecule has 0 unspecified atom stereocenters. The Kier molecular flexibility index (Phi) is 3.01. The lowest BCUT2D eigenvalue weighted by Gasteiger charge is -2.11. The van der Waals surface area contributed by atoms with Crippen molar-refractivity contribution < 1.29 is 9.84 Å². The van der Waals surface area contributed by atoms with Gasteiger partial charge in [0.15, 0.2) is 5.75 Å². The Morgan fingerprint density at radius 1 is 1.06 bits per heavy atom. The highest BCUT2D eigenvalue weighted by atomic mass is 79.9. The minimum Gasteiger partial charge on any atom is -0.506 e. The fourth-order valence-corrected chi connectivity index (χ4v) is 1.70. The monoisotopic (exact) mass is 279 g/mol. The maximum Gasteiger partial charge on any atom is 0.168 e.